The third kappa shape index (κ3) is 6.29. The van der Waals surface area contributed by atoms with Crippen LogP contribution in [0.15, 0.2) is 6.07 Å². The number of carboxylic acid groups (broad SMARTS) is 1. The number of hydrogen-bond donors (Lipinski definition) is 1. The predicted octanol–water partition coefficient (Wildman–Crippen LogP) is 5.72. The van der Waals surface area contributed by atoms with E-state index in [2.05, 4.69) is 27.7 Å². The minimum absolute atomic E-state index is 0.00863. The molecule has 0 spiro atoms. The van der Waals surface area contributed by atoms with E-state index in [1.54, 1.807) is 12.0 Å². The summed E-state index contributed by atoms with van der Waals surface area (Å²) < 4.78 is 5.34. The molecular weight excluding hydrogens is 386 g/mol. The quantitative estimate of drug-likeness (QED) is 0.581. The van der Waals surface area contributed by atoms with Crippen molar-refractivity contribution >= 4 is 28.9 Å². The third-order valence-electron chi connectivity index (χ3n) is 5.96. The van der Waals surface area contributed by atoms with Gasteiger partial charge in [0.05, 0.1) is 11.8 Å². The lowest BCUT2D eigenvalue weighted by molar-refractivity contribution is -0.123. The molecule has 1 heterocycles. The van der Waals surface area contributed by atoms with Gasteiger partial charge in [0.15, 0.2) is 0 Å². The molecule has 0 aliphatic heterocycles. The molecule has 0 aromatic carbocycles. The summed E-state index contributed by atoms with van der Waals surface area (Å²) in [5.41, 5.74) is 0.410. The minimum atomic E-state index is -0.958. The Morgan fingerprint density at radius 3 is 2.41 bits per heavy atom. The van der Waals surface area contributed by atoms with E-state index in [4.69, 9.17) is 4.74 Å². The molecule has 1 unspecified atom stereocenters. The van der Waals surface area contributed by atoms with Gasteiger partial charge in [0.2, 0.25) is 5.91 Å². The average Bonchev–Trinajstić information content (AvgIpc) is 3.11. The second-order valence-electron chi connectivity index (χ2n) is 9.52. The maximum absolute atomic E-state index is 13.5. The molecule has 1 atom stereocenters. The van der Waals surface area contributed by atoms with Crippen molar-refractivity contribution < 1.29 is 19.4 Å². The monoisotopic (exact) mass is 423 g/mol. The zero-order valence-corrected chi connectivity index (χ0v) is 19.6. The Labute approximate surface area is 179 Å². The van der Waals surface area contributed by atoms with Crippen molar-refractivity contribution in [1.29, 1.82) is 0 Å². The van der Waals surface area contributed by atoms with Crippen LogP contribution in [0.3, 0.4) is 0 Å². The van der Waals surface area contributed by atoms with Crippen molar-refractivity contribution in [3.63, 3.8) is 0 Å². The van der Waals surface area contributed by atoms with E-state index in [9.17, 15) is 14.7 Å². The van der Waals surface area contributed by atoms with Crippen LogP contribution in [0.25, 0.3) is 0 Å². The van der Waals surface area contributed by atoms with Gasteiger partial charge in [-0.1, -0.05) is 27.7 Å². The summed E-state index contributed by atoms with van der Waals surface area (Å²) in [5.74, 6) is -0.215. The minimum Gasteiger partial charge on any atom is -0.477 e. The van der Waals surface area contributed by atoms with E-state index >= 15 is 0 Å². The van der Waals surface area contributed by atoms with Gasteiger partial charge < -0.3 is 14.7 Å². The highest BCUT2D eigenvalue weighted by Crippen LogP contribution is 2.39. The lowest BCUT2D eigenvalue weighted by atomic mass is 9.82. The van der Waals surface area contributed by atoms with E-state index in [0.29, 0.717) is 18.2 Å². The van der Waals surface area contributed by atoms with Crippen LogP contribution in [0.2, 0.25) is 0 Å². The topological polar surface area (TPSA) is 66.8 Å². The number of thiophene rings is 1. The predicted molar refractivity (Wildman–Crippen MR) is 119 cm³/mol. The van der Waals surface area contributed by atoms with Crippen LogP contribution in [-0.2, 0) is 14.9 Å². The molecular formula is C23H37NO4S. The molecule has 1 aliphatic rings. The number of carboxylic acids is 1. The number of amides is 1. The summed E-state index contributed by atoms with van der Waals surface area (Å²) in [4.78, 5) is 28.5. The molecule has 29 heavy (non-hydrogen) atoms. The van der Waals surface area contributed by atoms with Gasteiger partial charge in [-0.25, -0.2) is 4.79 Å². The van der Waals surface area contributed by atoms with Crippen LogP contribution in [0.5, 0.6) is 0 Å². The van der Waals surface area contributed by atoms with Crippen LogP contribution in [-0.4, -0.2) is 36.7 Å². The summed E-state index contributed by atoms with van der Waals surface area (Å²) in [6.07, 6.45) is 5.65. The average molecular weight is 424 g/mol. The molecule has 1 saturated carbocycles. The van der Waals surface area contributed by atoms with E-state index in [0.717, 1.165) is 43.4 Å². The number of methoxy groups -OCH3 is 1. The Bertz CT molecular complexity index is 698. The van der Waals surface area contributed by atoms with Gasteiger partial charge in [-0.15, -0.1) is 11.3 Å². The van der Waals surface area contributed by atoms with Crippen LogP contribution in [0.1, 0.15) is 87.7 Å². The van der Waals surface area contributed by atoms with Crippen molar-refractivity contribution in [1.82, 2.24) is 0 Å². The van der Waals surface area contributed by atoms with Crippen molar-refractivity contribution in [2.45, 2.75) is 84.7 Å². The van der Waals surface area contributed by atoms with Crippen molar-refractivity contribution in [2.24, 2.45) is 11.8 Å². The number of carbonyl (C=O) groups is 2. The molecule has 0 bridgehead atoms. The standard InChI is InChI=1S/C23H37NO4S/c1-15-9-11-17(12-10-15)21(25)24(13-7-8-16(2)28-6)18-14-19(23(3,4)5)29-20(18)22(26)27/h14-17H,7-13H2,1-6H3,(H,26,27). The SMILES string of the molecule is COC(C)CCCN(C(=O)C1CCC(C)CC1)c1cc(C(C)(C)C)sc1C(=O)O. The number of anilines is 1. The molecule has 2 rings (SSSR count). The number of nitrogens with zero attached hydrogens (tertiary/aromatic N) is 1. The molecule has 0 saturated heterocycles. The maximum Gasteiger partial charge on any atom is 0.348 e. The van der Waals surface area contributed by atoms with E-state index in [1.807, 2.05) is 13.0 Å². The van der Waals surface area contributed by atoms with Crippen LogP contribution >= 0.6 is 11.3 Å². The summed E-state index contributed by atoms with van der Waals surface area (Å²) in [7, 11) is 1.69. The first-order chi connectivity index (χ1) is 13.5. The fourth-order valence-electron chi connectivity index (χ4n) is 3.84. The lowest BCUT2D eigenvalue weighted by Crippen LogP contribution is -2.39. The van der Waals surface area contributed by atoms with Gasteiger partial charge in [-0.3, -0.25) is 4.79 Å². The van der Waals surface area contributed by atoms with Gasteiger partial charge in [0, 0.05) is 24.4 Å². The van der Waals surface area contributed by atoms with Crippen molar-refractivity contribution in [2.75, 3.05) is 18.6 Å². The molecule has 1 fully saturated rings. The number of rotatable bonds is 8. The van der Waals surface area contributed by atoms with Gasteiger partial charge in [-0.2, -0.15) is 0 Å². The molecule has 5 nitrogen and oxygen atoms in total. The first-order valence-electron chi connectivity index (χ1n) is 10.8. The number of aromatic carboxylic acids is 1. The Morgan fingerprint density at radius 1 is 1.28 bits per heavy atom. The van der Waals surface area contributed by atoms with E-state index in [1.165, 1.54) is 11.3 Å². The van der Waals surface area contributed by atoms with Crippen LogP contribution in [0.4, 0.5) is 5.69 Å². The molecule has 1 amide bonds. The van der Waals surface area contributed by atoms with Gasteiger partial charge in [0.25, 0.3) is 0 Å². The Kier molecular flexibility index (Phi) is 8.29. The molecule has 1 aromatic rings. The summed E-state index contributed by atoms with van der Waals surface area (Å²) in [6.45, 7) is 11.0. The highest BCUT2D eigenvalue weighted by Gasteiger charge is 2.33. The molecule has 0 radical (unpaired) electrons. The highest BCUT2D eigenvalue weighted by atomic mass is 32.1. The van der Waals surface area contributed by atoms with Gasteiger partial charge >= 0.3 is 5.97 Å². The second-order valence-corrected chi connectivity index (χ2v) is 10.6. The Morgan fingerprint density at radius 2 is 1.90 bits per heavy atom. The lowest BCUT2D eigenvalue weighted by Gasteiger charge is -2.31. The fraction of sp³-hybridized carbons (Fsp3) is 0.739. The van der Waals surface area contributed by atoms with Gasteiger partial charge in [0.1, 0.15) is 4.88 Å². The molecule has 6 heteroatoms. The van der Waals surface area contributed by atoms with Crippen molar-refractivity contribution in [3.8, 4) is 0 Å². The Balaban J connectivity index is 2.34. The zero-order chi connectivity index (χ0) is 21.8. The molecule has 1 aliphatic carbocycles. The number of ether oxygens (including phenoxy) is 1. The first-order valence-corrected chi connectivity index (χ1v) is 11.6. The summed E-state index contributed by atoms with van der Waals surface area (Å²) >= 11 is 1.29. The summed E-state index contributed by atoms with van der Waals surface area (Å²) in [6, 6.07) is 1.93. The van der Waals surface area contributed by atoms with Crippen LogP contribution in [0, 0.1) is 11.8 Å². The second kappa shape index (κ2) is 10.1. The number of hydrogen-bond acceptors (Lipinski definition) is 4. The van der Waals surface area contributed by atoms with E-state index in [-0.39, 0.29) is 28.2 Å². The van der Waals surface area contributed by atoms with Crippen molar-refractivity contribution in [3.05, 3.63) is 15.8 Å². The van der Waals surface area contributed by atoms with E-state index < -0.39 is 5.97 Å². The fourth-order valence-corrected chi connectivity index (χ4v) is 4.89. The highest BCUT2D eigenvalue weighted by molar-refractivity contribution is 7.14. The smallest absolute Gasteiger partial charge is 0.348 e. The molecule has 1 aromatic heterocycles. The van der Waals surface area contributed by atoms with Gasteiger partial charge in [-0.05, 0) is 62.8 Å². The van der Waals surface area contributed by atoms with Crippen LogP contribution < -0.4 is 4.90 Å². The normalized spacial score (nSPS) is 21.0. The summed E-state index contributed by atoms with van der Waals surface area (Å²) in [5, 5.41) is 9.82. The number of carbonyl (C=O) groups excluding carboxylic acids is 1. The molecule has 164 valence electrons. The Hall–Kier alpha value is -1.40. The first kappa shape index (κ1) is 23.9. The zero-order valence-electron chi connectivity index (χ0n) is 18.8. The molecule has 1 N–H and O–H groups in total. The third-order valence-corrected chi connectivity index (χ3v) is 7.50. The maximum atomic E-state index is 13.5. The largest absolute Gasteiger partial charge is 0.477 e.